The smallest absolute Gasteiger partial charge is 0.247 e. The Morgan fingerprint density at radius 3 is 2.47 bits per heavy atom. The summed E-state index contributed by atoms with van der Waals surface area (Å²) >= 11 is 0. The Kier molecular flexibility index (Phi) is 2.92. The maximum atomic E-state index is 6.03. The minimum Gasteiger partial charge on any atom is -0.440 e. The number of aryl methyl sites for hydroxylation is 4. The van der Waals surface area contributed by atoms with Crippen molar-refractivity contribution < 1.29 is 4.42 Å². The average Bonchev–Trinajstić information content (AvgIpc) is 2.80. The number of nitrogens with two attached hydrogens (primary N) is 1. The van der Waals surface area contributed by atoms with E-state index in [0.29, 0.717) is 11.6 Å². The number of hydrogen-bond acceptors (Lipinski definition) is 4. The first kappa shape index (κ1) is 11.7. The number of nitrogens with zero attached hydrogens (tertiary/aromatic N) is 3. The predicted octanol–water partition coefficient (Wildman–Crippen LogP) is 2.32. The van der Waals surface area contributed by atoms with Gasteiger partial charge in [-0.3, -0.25) is 4.68 Å². The normalized spacial score (nSPS) is 11.1. The van der Waals surface area contributed by atoms with E-state index in [1.165, 1.54) is 0 Å². The summed E-state index contributed by atoms with van der Waals surface area (Å²) in [6.07, 6.45) is 0.831. The first-order valence-electron chi connectivity index (χ1n) is 5.88. The Hall–Kier alpha value is -1.78. The van der Waals surface area contributed by atoms with E-state index in [0.717, 1.165) is 35.8 Å². The van der Waals surface area contributed by atoms with Gasteiger partial charge in [-0.25, -0.2) is 4.98 Å². The van der Waals surface area contributed by atoms with Crippen LogP contribution >= 0.6 is 0 Å². The minimum absolute atomic E-state index is 0.569. The lowest BCUT2D eigenvalue weighted by Gasteiger charge is -2.00. The lowest BCUT2D eigenvalue weighted by molar-refractivity contribution is 0.513. The SMILES string of the molecule is CCc1oc(-c2c(N)c(C)nn2CC)nc1C. The molecule has 0 spiro atoms. The van der Waals surface area contributed by atoms with Gasteiger partial charge < -0.3 is 10.2 Å². The fraction of sp³-hybridized carbons (Fsp3) is 0.500. The molecule has 0 saturated heterocycles. The van der Waals surface area contributed by atoms with Crippen molar-refractivity contribution in [1.82, 2.24) is 14.8 Å². The van der Waals surface area contributed by atoms with Gasteiger partial charge in [-0.15, -0.1) is 0 Å². The van der Waals surface area contributed by atoms with Gasteiger partial charge in [0.2, 0.25) is 5.89 Å². The Balaban J connectivity index is 2.58. The summed E-state index contributed by atoms with van der Waals surface area (Å²) < 4.78 is 7.56. The van der Waals surface area contributed by atoms with Crippen LogP contribution in [0.2, 0.25) is 0 Å². The summed E-state index contributed by atoms with van der Waals surface area (Å²) in [5, 5.41) is 4.36. The standard InChI is InChI=1S/C12H18N4O/c1-5-9-7(3)14-12(17-9)11-10(13)8(4)15-16(11)6-2/h5-6,13H2,1-4H3. The molecule has 2 aromatic heterocycles. The highest BCUT2D eigenvalue weighted by Crippen LogP contribution is 2.29. The highest BCUT2D eigenvalue weighted by Gasteiger charge is 2.19. The van der Waals surface area contributed by atoms with Crippen LogP contribution in [0.25, 0.3) is 11.6 Å². The second kappa shape index (κ2) is 4.24. The van der Waals surface area contributed by atoms with Crippen LogP contribution in [0.3, 0.4) is 0 Å². The van der Waals surface area contributed by atoms with Gasteiger partial charge in [-0.1, -0.05) is 6.92 Å². The van der Waals surface area contributed by atoms with Crippen LogP contribution in [0, 0.1) is 13.8 Å². The fourth-order valence-corrected chi connectivity index (χ4v) is 1.91. The lowest BCUT2D eigenvalue weighted by Crippen LogP contribution is -2.00. The average molecular weight is 234 g/mol. The Morgan fingerprint density at radius 1 is 1.24 bits per heavy atom. The number of oxazole rings is 1. The molecule has 0 fully saturated rings. The molecule has 0 aromatic carbocycles. The zero-order valence-corrected chi connectivity index (χ0v) is 10.7. The van der Waals surface area contributed by atoms with Gasteiger partial charge >= 0.3 is 0 Å². The largest absolute Gasteiger partial charge is 0.440 e. The molecule has 0 bridgehead atoms. The molecule has 0 unspecified atom stereocenters. The first-order valence-corrected chi connectivity index (χ1v) is 5.88. The maximum Gasteiger partial charge on any atom is 0.247 e. The number of aromatic nitrogens is 3. The second-order valence-electron chi connectivity index (χ2n) is 4.04. The zero-order valence-electron chi connectivity index (χ0n) is 10.7. The van der Waals surface area contributed by atoms with Crippen LogP contribution in [0.15, 0.2) is 4.42 Å². The molecule has 2 rings (SSSR count). The van der Waals surface area contributed by atoms with Crippen molar-refractivity contribution in [3.8, 4) is 11.6 Å². The summed E-state index contributed by atoms with van der Waals surface area (Å²) in [5.41, 5.74) is 9.20. The molecule has 0 aliphatic carbocycles. The molecule has 2 aromatic rings. The third kappa shape index (κ3) is 1.81. The maximum absolute atomic E-state index is 6.03. The van der Waals surface area contributed by atoms with Crippen LogP contribution in [0.4, 0.5) is 5.69 Å². The van der Waals surface area contributed by atoms with Crippen molar-refractivity contribution in [3.63, 3.8) is 0 Å². The van der Waals surface area contributed by atoms with E-state index in [1.54, 1.807) is 0 Å². The predicted molar refractivity (Wildman–Crippen MR) is 66.7 cm³/mol. The van der Waals surface area contributed by atoms with Gasteiger partial charge in [-0.2, -0.15) is 5.10 Å². The van der Waals surface area contributed by atoms with E-state index in [9.17, 15) is 0 Å². The summed E-state index contributed by atoms with van der Waals surface area (Å²) in [5.74, 6) is 1.47. The van der Waals surface area contributed by atoms with E-state index in [2.05, 4.69) is 10.1 Å². The monoisotopic (exact) mass is 234 g/mol. The highest BCUT2D eigenvalue weighted by atomic mass is 16.4. The lowest BCUT2D eigenvalue weighted by atomic mass is 10.3. The van der Waals surface area contributed by atoms with Crippen molar-refractivity contribution in [2.75, 3.05) is 5.73 Å². The van der Waals surface area contributed by atoms with Crippen LogP contribution < -0.4 is 5.73 Å². The first-order chi connectivity index (χ1) is 8.08. The minimum atomic E-state index is 0.569. The molecular formula is C12H18N4O. The van der Waals surface area contributed by atoms with Crippen molar-refractivity contribution in [2.24, 2.45) is 0 Å². The number of anilines is 1. The quantitative estimate of drug-likeness (QED) is 0.884. The molecule has 5 heteroatoms. The van der Waals surface area contributed by atoms with Crippen LogP contribution in [0.5, 0.6) is 0 Å². The molecule has 2 N–H and O–H groups in total. The van der Waals surface area contributed by atoms with E-state index < -0.39 is 0 Å². The van der Waals surface area contributed by atoms with E-state index in [1.807, 2.05) is 32.4 Å². The number of rotatable bonds is 3. The van der Waals surface area contributed by atoms with Gasteiger partial charge in [0, 0.05) is 13.0 Å². The van der Waals surface area contributed by atoms with Crippen LogP contribution in [-0.2, 0) is 13.0 Å². The van der Waals surface area contributed by atoms with Gasteiger partial charge in [0.1, 0.15) is 11.5 Å². The third-order valence-corrected chi connectivity index (χ3v) is 2.89. The molecule has 0 amide bonds. The van der Waals surface area contributed by atoms with E-state index in [4.69, 9.17) is 10.2 Å². The molecule has 0 aliphatic rings. The summed E-state index contributed by atoms with van der Waals surface area (Å²) in [6, 6.07) is 0. The van der Waals surface area contributed by atoms with Crippen LogP contribution in [-0.4, -0.2) is 14.8 Å². The molecule has 0 radical (unpaired) electrons. The zero-order chi connectivity index (χ0) is 12.6. The second-order valence-corrected chi connectivity index (χ2v) is 4.04. The number of hydrogen-bond donors (Lipinski definition) is 1. The molecule has 2 heterocycles. The van der Waals surface area contributed by atoms with Gasteiger partial charge in [0.05, 0.1) is 17.1 Å². The number of nitrogen functional groups attached to an aromatic ring is 1. The van der Waals surface area contributed by atoms with Crippen molar-refractivity contribution >= 4 is 5.69 Å². The summed E-state index contributed by atoms with van der Waals surface area (Å²) in [4.78, 5) is 4.43. The highest BCUT2D eigenvalue weighted by molar-refractivity contribution is 5.69. The fourth-order valence-electron chi connectivity index (χ4n) is 1.91. The van der Waals surface area contributed by atoms with E-state index in [-0.39, 0.29) is 0 Å². The molecule has 0 atom stereocenters. The molecule has 0 saturated carbocycles. The van der Waals surface area contributed by atoms with Crippen molar-refractivity contribution in [3.05, 3.63) is 17.1 Å². The summed E-state index contributed by atoms with van der Waals surface area (Å²) in [6.45, 7) is 8.65. The molecule has 0 aliphatic heterocycles. The molecule has 5 nitrogen and oxygen atoms in total. The molecule has 92 valence electrons. The van der Waals surface area contributed by atoms with Gasteiger partial charge in [-0.05, 0) is 20.8 Å². The van der Waals surface area contributed by atoms with Crippen molar-refractivity contribution in [1.29, 1.82) is 0 Å². The van der Waals surface area contributed by atoms with E-state index >= 15 is 0 Å². The topological polar surface area (TPSA) is 69.9 Å². The Labute approximate surface area is 101 Å². The van der Waals surface area contributed by atoms with Gasteiger partial charge in [0.25, 0.3) is 0 Å². The van der Waals surface area contributed by atoms with Crippen LogP contribution in [0.1, 0.15) is 31.0 Å². The molecule has 17 heavy (non-hydrogen) atoms. The third-order valence-electron chi connectivity index (χ3n) is 2.89. The summed E-state index contributed by atoms with van der Waals surface area (Å²) in [7, 11) is 0. The Bertz CT molecular complexity index is 539. The van der Waals surface area contributed by atoms with Gasteiger partial charge in [0.15, 0.2) is 0 Å². The van der Waals surface area contributed by atoms with Crippen molar-refractivity contribution in [2.45, 2.75) is 40.7 Å². The molecular weight excluding hydrogens is 216 g/mol. The Morgan fingerprint density at radius 2 is 1.94 bits per heavy atom.